The number of carbonyl (C=O) groups excluding carboxylic acids is 1. The lowest BCUT2D eigenvalue weighted by Gasteiger charge is -2.16. The Kier molecular flexibility index (Phi) is 4.01. The van der Waals surface area contributed by atoms with Crippen molar-refractivity contribution in [2.75, 3.05) is 0 Å². The molecule has 4 nitrogen and oxygen atoms in total. The maximum Gasteiger partial charge on any atom is 0.307 e. The van der Waals surface area contributed by atoms with Crippen molar-refractivity contribution in [3.8, 4) is 0 Å². The number of hydrogen-bond acceptors (Lipinski definition) is 3. The molecule has 0 aromatic carbocycles. The van der Waals surface area contributed by atoms with E-state index < -0.39 is 11.9 Å². The lowest BCUT2D eigenvalue weighted by Crippen LogP contribution is -2.30. The fraction of sp³-hybridized carbons (Fsp3) is 0.538. The summed E-state index contributed by atoms with van der Waals surface area (Å²) >= 11 is 1.62. The Balaban J connectivity index is 1.94. The number of amides is 1. The van der Waals surface area contributed by atoms with Crippen LogP contribution in [0.4, 0.5) is 0 Å². The minimum absolute atomic E-state index is 0.0255. The first-order valence-corrected chi connectivity index (χ1v) is 7.08. The van der Waals surface area contributed by atoms with Gasteiger partial charge in [-0.15, -0.1) is 11.3 Å². The van der Waals surface area contributed by atoms with Gasteiger partial charge in [0, 0.05) is 4.88 Å². The molecule has 1 aliphatic carbocycles. The number of nitrogens with one attached hydrogen (secondary N) is 1. The first-order chi connectivity index (χ1) is 8.63. The van der Waals surface area contributed by atoms with Gasteiger partial charge in [-0.3, -0.25) is 9.59 Å². The lowest BCUT2D eigenvalue weighted by atomic mass is 10.1. The highest BCUT2D eigenvalue weighted by Gasteiger charge is 2.48. The first-order valence-electron chi connectivity index (χ1n) is 6.20. The van der Waals surface area contributed by atoms with Crippen molar-refractivity contribution in [2.24, 2.45) is 11.8 Å². The lowest BCUT2D eigenvalue weighted by molar-refractivity contribution is -0.140. The molecule has 1 fully saturated rings. The summed E-state index contributed by atoms with van der Waals surface area (Å²) in [7, 11) is 0. The van der Waals surface area contributed by atoms with Gasteiger partial charge in [0.15, 0.2) is 0 Å². The van der Waals surface area contributed by atoms with E-state index in [1.165, 1.54) is 0 Å². The number of rotatable bonds is 6. The van der Waals surface area contributed by atoms with Crippen molar-refractivity contribution >= 4 is 23.2 Å². The molecule has 18 heavy (non-hydrogen) atoms. The van der Waals surface area contributed by atoms with Crippen molar-refractivity contribution in [3.63, 3.8) is 0 Å². The summed E-state index contributed by atoms with van der Waals surface area (Å²) in [5, 5.41) is 13.8. The topological polar surface area (TPSA) is 66.4 Å². The summed E-state index contributed by atoms with van der Waals surface area (Å²) in [5.74, 6) is -1.79. The van der Waals surface area contributed by atoms with E-state index in [4.69, 9.17) is 5.11 Å². The Morgan fingerprint density at radius 1 is 1.56 bits per heavy atom. The number of carboxylic acid groups (broad SMARTS) is 1. The second kappa shape index (κ2) is 5.52. The summed E-state index contributed by atoms with van der Waals surface area (Å²) in [6.45, 7) is 2.07. The fourth-order valence-corrected chi connectivity index (χ4v) is 2.91. The zero-order valence-corrected chi connectivity index (χ0v) is 11.1. The van der Waals surface area contributed by atoms with Gasteiger partial charge in [0.05, 0.1) is 17.9 Å². The Morgan fingerprint density at radius 3 is 2.83 bits per heavy atom. The molecule has 3 atom stereocenters. The molecule has 0 aliphatic heterocycles. The summed E-state index contributed by atoms with van der Waals surface area (Å²) in [4.78, 5) is 23.8. The van der Waals surface area contributed by atoms with E-state index >= 15 is 0 Å². The third-order valence-electron chi connectivity index (χ3n) is 3.22. The minimum atomic E-state index is -0.863. The molecule has 1 aromatic heterocycles. The molecule has 0 spiro atoms. The van der Waals surface area contributed by atoms with Gasteiger partial charge in [0.1, 0.15) is 0 Å². The molecule has 98 valence electrons. The van der Waals surface area contributed by atoms with Crippen molar-refractivity contribution in [1.29, 1.82) is 0 Å². The second-order valence-corrected chi connectivity index (χ2v) is 5.63. The van der Waals surface area contributed by atoms with E-state index in [2.05, 4.69) is 12.2 Å². The third kappa shape index (κ3) is 2.90. The van der Waals surface area contributed by atoms with E-state index in [0.29, 0.717) is 6.42 Å². The van der Waals surface area contributed by atoms with Crippen LogP contribution in [0.2, 0.25) is 0 Å². The van der Waals surface area contributed by atoms with E-state index in [-0.39, 0.29) is 17.9 Å². The molecule has 1 aromatic rings. The highest BCUT2D eigenvalue weighted by Crippen LogP contribution is 2.39. The monoisotopic (exact) mass is 267 g/mol. The van der Waals surface area contributed by atoms with E-state index in [1.807, 2.05) is 17.5 Å². The van der Waals surface area contributed by atoms with Crippen LogP contribution in [0.15, 0.2) is 17.5 Å². The molecule has 1 heterocycles. The standard InChI is InChI=1S/C13H17NO3S/c1-2-4-10(11-5-3-6-18-11)14-12(15)8-7-9(8)13(16)17/h3,5-6,8-10H,2,4,7H2,1H3,(H,14,15)(H,16,17)/t8-,9+,10?/m1/s1. The molecule has 1 amide bonds. The van der Waals surface area contributed by atoms with Crippen LogP contribution in [-0.4, -0.2) is 17.0 Å². The van der Waals surface area contributed by atoms with Crippen LogP contribution in [0, 0.1) is 11.8 Å². The van der Waals surface area contributed by atoms with Crippen LogP contribution in [0.5, 0.6) is 0 Å². The molecule has 2 N–H and O–H groups in total. The van der Waals surface area contributed by atoms with Gasteiger partial charge >= 0.3 is 5.97 Å². The fourth-order valence-electron chi connectivity index (χ4n) is 2.10. The van der Waals surface area contributed by atoms with Gasteiger partial charge in [0.25, 0.3) is 0 Å². The molecular weight excluding hydrogens is 250 g/mol. The van der Waals surface area contributed by atoms with Gasteiger partial charge in [-0.2, -0.15) is 0 Å². The predicted molar refractivity (Wildman–Crippen MR) is 69.3 cm³/mol. The average molecular weight is 267 g/mol. The second-order valence-electron chi connectivity index (χ2n) is 4.65. The molecule has 1 aliphatic rings. The molecule has 0 saturated heterocycles. The van der Waals surface area contributed by atoms with Crippen molar-refractivity contribution in [2.45, 2.75) is 32.2 Å². The quantitative estimate of drug-likeness (QED) is 0.832. The minimum Gasteiger partial charge on any atom is -0.481 e. The van der Waals surface area contributed by atoms with Crippen LogP contribution in [-0.2, 0) is 9.59 Å². The number of thiophene rings is 1. The van der Waals surface area contributed by atoms with Crippen LogP contribution < -0.4 is 5.32 Å². The largest absolute Gasteiger partial charge is 0.481 e. The Hall–Kier alpha value is -1.36. The smallest absolute Gasteiger partial charge is 0.307 e. The molecule has 5 heteroatoms. The predicted octanol–water partition coefficient (Wildman–Crippen LogP) is 2.43. The normalized spacial score (nSPS) is 23.4. The number of aliphatic carboxylic acids is 1. The van der Waals surface area contributed by atoms with Crippen molar-refractivity contribution in [3.05, 3.63) is 22.4 Å². The molecule has 1 saturated carbocycles. The average Bonchev–Trinajstić information content (AvgIpc) is 2.96. The summed E-state index contributed by atoms with van der Waals surface area (Å²) in [5.41, 5.74) is 0. The van der Waals surface area contributed by atoms with Gasteiger partial charge in [-0.25, -0.2) is 0 Å². The Morgan fingerprint density at radius 2 is 2.33 bits per heavy atom. The number of carboxylic acids is 1. The summed E-state index contributed by atoms with van der Waals surface area (Å²) < 4.78 is 0. The van der Waals surface area contributed by atoms with E-state index in [9.17, 15) is 9.59 Å². The first kappa shape index (κ1) is 13.1. The van der Waals surface area contributed by atoms with Crippen LogP contribution in [0.3, 0.4) is 0 Å². The highest BCUT2D eigenvalue weighted by atomic mass is 32.1. The highest BCUT2D eigenvalue weighted by molar-refractivity contribution is 7.10. The van der Waals surface area contributed by atoms with Gasteiger partial charge in [-0.05, 0) is 24.3 Å². The maximum atomic E-state index is 11.9. The van der Waals surface area contributed by atoms with Gasteiger partial charge in [-0.1, -0.05) is 19.4 Å². The van der Waals surface area contributed by atoms with Crippen LogP contribution in [0.1, 0.15) is 37.1 Å². The zero-order chi connectivity index (χ0) is 13.1. The van der Waals surface area contributed by atoms with Gasteiger partial charge in [0.2, 0.25) is 5.91 Å². The molecular formula is C13H17NO3S. The Labute approximate surface area is 110 Å². The molecule has 1 unspecified atom stereocenters. The maximum absolute atomic E-state index is 11.9. The van der Waals surface area contributed by atoms with E-state index in [0.717, 1.165) is 17.7 Å². The molecule has 0 radical (unpaired) electrons. The van der Waals surface area contributed by atoms with Crippen LogP contribution in [0.25, 0.3) is 0 Å². The summed E-state index contributed by atoms with van der Waals surface area (Å²) in [6, 6.07) is 4.00. The van der Waals surface area contributed by atoms with Crippen molar-refractivity contribution < 1.29 is 14.7 Å². The number of hydrogen-bond donors (Lipinski definition) is 2. The van der Waals surface area contributed by atoms with E-state index in [1.54, 1.807) is 11.3 Å². The molecule has 0 bridgehead atoms. The SMILES string of the molecule is CCCC(NC(=O)[C@@H]1C[C@@H]1C(=O)O)c1cccs1. The van der Waals surface area contributed by atoms with Crippen LogP contribution >= 0.6 is 11.3 Å². The Bertz CT molecular complexity index is 429. The third-order valence-corrected chi connectivity index (χ3v) is 4.21. The van der Waals surface area contributed by atoms with Gasteiger partial charge < -0.3 is 10.4 Å². The van der Waals surface area contributed by atoms with Crippen molar-refractivity contribution in [1.82, 2.24) is 5.32 Å². The summed E-state index contributed by atoms with van der Waals surface area (Å²) in [6.07, 6.45) is 2.34. The number of carbonyl (C=O) groups is 2. The molecule has 2 rings (SSSR count). The zero-order valence-electron chi connectivity index (χ0n) is 10.3.